The number of ether oxygens (including phenoxy) is 1. The molecule has 0 saturated carbocycles. The topological polar surface area (TPSA) is 88.6 Å². The molecular formula is C25H28F3N3O4. The van der Waals surface area contributed by atoms with Crippen LogP contribution in [0, 0.1) is 11.8 Å². The summed E-state index contributed by atoms with van der Waals surface area (Å²) in [5.74, 6) is -0.677. The molecule has 1 aromatic heterocycles. The van der Waals surface area contributed by atoms with E-state index < -0.39 is 30.2 Å². The molecule has 1 saturated heterocycles. The Morgan fingerprint density at radius 1 is 1.09 bits per heavy atom. The maximum atomic E-state index is 12.7. The van der Waals surface area contributed by atoms with Crippen molar-refractivity contribution in [3.05, 3.63) is 53.7 Å². The zero-order valence-electron chi connectivity index (χ0n) is 19.6. The Labute approximate surface area is 201 Å². The number of pyridine rings is 1. The van der Waals surface area contributed by atoms with Crippen molar-refractivity contribution in [3.8, 4) is 0 Å². The Kier molecular flexibility index (Phi) is 8.48. The molecule has 1 N–H and O–H groups in total. The SMILES string of the molecule is CC(C)CC(=O)Nc1ccc(C(=O)COC(=O)C2CCN(c3ccc(C(F)(F)F)cn3)CC2)cc1. The monoisotopic (exact) mass is 491 g/mol. The van der Waals surface area contributed by atoms with Gasteiger partial charge in [0.25, 0.3) is 0 Å². The van der Waals surface area contributed by atoms with Crippen LogP contribution in [0.4, 0.5) is 24.7 Å². The van der Waals surface area contributed by atoms with Crippen LogP contribution >= 0.6 is 0 Å². The van der Waals surface area contributed by atoms with Crippen molar-refractivity contribution in [2.24, 2.45) is 11.8 Å². The van der Waals surface area contributed by atoms with Gasteiger partial charge in [0.1, 0.15) is 5.82 Å². The maximum absolute atomic E-state index is 12.7. The van der Waals surface area contributed by atoms with Crippen molar-refractivity contribution in [2.45, 2.75) is 39.3 Å². The second kappa shape index (κ2) is 11.3. The van der Waals surface area contributed by atoms with Gasteiger partial charge in [0, 0.05) is 37.0 Å². The lowest BCUT2D eigenvalue weighted by molar-refractivity contribution is -0.148. The quantitative estimate of drug-likeness (QED) is 0.424. The van der Waals surface area contributed by atoms with Gasteiger partial charge in [0.2, 0.25) is 5.91 Å². The fourth-order valence-electron chi connectivity index (χ4n) is 3.75. The molecule has 0 bridgehead atoms. The van der Waals surface area contributed by atoms with Crippen molar-refractivity contribution < 1.29 is 32.3 Å². The van der Waals surface area contributed by atoms with E-state index in [9.17, 15) is 27.6 Å². The molecule has 1 aliphatic heterocycles. The highest BCUT2D eigenvalue weighted by atomic mass is 19.4. The first-order valence-electron chi connectivity index (χ1n) is 11.4. The molecule has 0 spiro atoms. The van der Waals surface area contributed by atoms with Gasteiger partial charge in [-0.25, -0.2) is 4.98 Å². The summed E-state index contributed by atoms with van der Waals surface area (Å²) < 4.78 is 43.3. The van der Waals surface area contributed by atoms with Crippen LogP contribution in [0.1, 0.15) is 49.0 Å². The molecule has 35 heavy (non-hydrogen) atoms. The number of carbonyl (C=O) groups excluding carboxylic acids is 3. The van der Waals surface area contributed by atoms with Crippen molar-refractivity contribution in [1.82, 2.24) is 4.98 Å². The number of hydrogen-bond donors (Lipinski definition) is 1. The Hall–Kier alpha value is -3.43. The summed E-state index contributed by atoms with van der Waals surface area (Å²) in [6.07, 6.45) is -2.35. The number of nitrogens with zero attached hydrogens (tertiary/aromatic N) is 2. The number of alkyl halides is 3. The predicted molar refractivity (Wildman–Crippen MR) is 124 cm³/mol. The lowest BCUT2D eigenvalue weighted by Crippen LogP contribution is -2.37. The molecule has 188 valence electrons. The number of amides is 1. The smallest absolute Gasteiger partial charge is 0.417 e. The number of rotatable bonds is 8. The highest BCUT2D eigenvalue weighted by Crippen LogP contribution is 2.30. The number of ketones is 1. The number of benzene rings is 1. The Morgan fingerprint density at radius 2 is 1.74 bits per heavy atom. The molecule has 0 unspecified atom stereocenters. The number of halogens is 3. The number of hydrogen-bond acceptors (Lipinski definition) is 6. The second-order valence-corrected chi connectivity index (χ2v) is 8.92. The van der Waals surface area contributed by atoms with Crippen LogP contribution in [0.25, 0.3) is 0 Å². The van der Waals surface area contributed by atoms with Gasteiger partial charge >= 0.3 is 12.1 Å². The van der Waals surface area contributed by atoms with Gasteiger partial charge in [0.05, 0.1) is 11.5 Å². The van der Waals surface area contributed by atoms with Crippen LogP contribution < -0.4 is 10.2 Å². The number of anilines is 2. The first-order valence-corrected chi connectivity index (χ1v) is 11.4. The number of carbonyl (C=O) groups is 3. The zero-order chi connectivity index (χ0) is 25.6. The van der Waals surface area contributed by atoms with E-state index >= 15 is 0 Å². The molecular weight excluding hydrogens is 463 g/mol. The van der Waals surface area contributed by atoms with Gasteiger partial charge in [-0.05, 0) is 55.2 Å². The lowest BCUT2D eigenvalue weighted by atomic mass is 9.97. The van der Waals surface area contributed by atoms with Crippen LogP contribution in [-0.4, -0.2) is 42.3 Å². The highest BCUT2D eigenvalue weighted by Gasteiger charge is 2.32. The number of esters is 1. The summed E-state index contributed by atoms with van der Waals surface area (Å²) in [6, 6.07) is 8.69. The molecule has 3 rings (SSSR count). The van der Waals surface area contributed by atoms with Crippen molar-refractivity contribution in [1.29, 1.82) is 0 Å². The van der Waals surface area contributed by atoms with Gasteiger partial charge < -0.3 is 15.0 Å². The van der Waals surface area contributed by atoms with E-state index in [0.29, 0.717) is 49.4 Å². The normalized spacial score (nSPS) is 14.6. The molecule has 1 aromatic carbocycles. The second-order valence-electron chi connectivity index (χ2n) is 8.92. The Morgan fingerprint density at radius 3 is 2.29 bits per heavy atom. The summed E-state index contributed by atoms with van der Waals surface area (Å²) >= 11 is 0. The Balaban J connectivity index is 1.44. The predicted octanol–water partition coefficient (Wildman–Crippen LogP) is 4.73. The largest absolute Gasteiger partial charge is 0.457 e. The van der Waals surface area contributed by atoms with Gasteiger partial charge in [0.15, 0.2) is 12.4 Å². The molecule has 1 aliphatic rings. The standard InChI is InChI=1S/C25H28F3N3O4/c1-16(2)13-23(33)30-20-6-3-17(4-7-20)21(32)15-35-24(34)18-9-11-31(12-10-18)22-8-5-19(14-29-22)25(26,27)28/h3-8,14,16,18H,9-13,15H2,1-2H3,(H,30,33). The number of aromatic nitrogens is 1. The molecule has 1 fully saturated rings. The summed E-state index contributed by atoms with van der Waals surface area (Å²) in [7, 11) is 0. The van der Waals surface area contributed by atoms with E-state index in [0.717, 1.165) is 12.3 Å². The minimum Gasteiger partial charge on any atom is -0.457 e. The van der Waals surface area contributed by atoms with Crippen LogP contribution in [0.15, 0.2) is 42.6 Å². The summed E-state index contributed by atoms with van der Waals surface area (Å²) in [5.41, 5.74) is 0.135. The van der Waals surface area contributed by atoms with Gasteiger partial charge in [-0.2, -0.15) is 13.2 Å². The van der Waals surface area contributed by atoms with E-state index in [-0.39, 0.29) is 17.6 Å². The number of Topliss-reactive ketones (excluding diaryl/α,β-unsaturated/α-hetero) is 1. The average molecular weight is 492 g/mol. The fraction of sp³-hybridized carbons (Fsp3) is 0.440. The molecule has 0 radical (unpaired) electrons. The molecule has 0 aliphatic carbocycles. The average Bonchev–Trinajstić information content (AvgIpc) is 2.82. The van der Waals surface area contributed by atoms with E-state index in [1.54, 1.807) is 24.3 Å². The minimum absolute atomic E-state index is 0.104. The van der Waals surface area contributed by atoms with E-state index in [1.807, 2.05) is 18.7 Å². The first kappa shape index (κ1) is 26.2. The number of piperidine rings is 1. The van der Waals surface area contributed by atoms with Crippen molar-refractivity contribution in [2.75, 3.05) is 29.9 Å². The van der Waals surface area contributed by atoms with E-state index in [4.69, 9.17) is 4.74 Å². The third-order valence-corrected chi connectivity index (χ3v) is 5.66. The summed E-state index contributed by atoms with van der Waals surface area (Å²) in [6.45, 7) is 4.38. The van der Waals surface area contributed by atoms with Crippen LogP contribution in [0.5, 0.6) is 0 Å². The zero-order valence-corrected chi connectivity index (χ0v) is 19.6. The van der Waals surface area contributed by atoms with Crippen molar-refractivity contribution in [3.63, 3.8) is 0 Å². The molecule has 2 heterocycles. The molecule has 10 heteroatoms. The highest BCUT2D eigenvalue weighted by molar-refractivity contribution is 5.99. The summed E-state index contributed by atoms with van der Waals surface area (Å²) in [5, 5.41) is 2.76. The van der Waals surface area contributed by atoms with Crippen LogP contribution in [0.2, 0.25) is 0 Å². The maximum Gasteiger partial charge on any atom is 0.417 e. The Bertz CT molecular complexity index is 1030. The minimum atomic E-state index is -4.44. The molecule has 2 aromatic rings. The van der Waals surface area contributed by atoms with Crippen LogP contribution in [0.3, 0.4) is 0 Å². The number of nitrogens with one attached hydrogen (secondary N) is 1. The van der Waals surface area contributed by atoms with E-state index in [2.05, 4.69) is 10.3 Å². The first-order chi connectivity index (χ1) is 16.5. The van der Waals surface area contributed by atoms with Gasteiger partial charge in [-0.3, -0.25) is 14.4 Å². The molecule has 7 nitrogen and oxygen atoms in total. The van der Waals surface area contributed by atoms with Gasteiger partial charge in [-0.15, -0.1) is 0 Å². The molecule has 0 atom stereocenters. The lowest BCUT2D eigenvalue weighted by Gasteiger charge is -2.31. The van der Waals surface area contributed by atoms with E-state index in [1.165, 1.54) is 6.07 Å². The third-order valence-electron chi connectivity index (χ3n) is 5.66. The molecule has 1 amide bonds. The summed E-state index contributed by atoms with van der Waals surface area (Å²) in [4.78, 5) is 42.3. The van der Waals surface area contributed by atoms with Gasteiger partial charge in [-0.1, -0.05) is 13.8 Å². The fourth-order valence-corrected chi connectivity index (χ4v) is 3.75. The van der Waals surface area contributed by atoms with Crippen LogP contribution in [-0.2, 0) is 20.5 Å². The van der Waals surface area contributed by atoms with Crippen molar-refractivity contribution >= 4 is 29.2 Å². The third kappa shape index (κ3) is 7.53.